The Morgan fingerprint density at radius 3 is 2.30 bits per heavy atom. The van der Waals surface area contributed by atoms with Crippen LogP contribution >= 0.6 is 0 Å². The molecule has 1 aromatic carbocycles. The first kappa shape index (κ1) is 20.4. The van der Waals surface area contributed by atoms with Gasteiger partial charge in [-0.3, -0.25) is 0 Å². The van der Waals surface area contributed by atoms with Crippen LogP contribution in [0.4, 0.5) is 5.69 Å². The molecule has 0 spiro atoms. The smallest absolute Gasteiger partial charge is 0.243 e. The van der Waals surface area contributed by atoms with E-state index in [1.165, 1.54) is 12.0 Å². The van der Waals surface area contributed by atoms with Crippen molar-refractivity contribution in [1.29, 1.82) is 0 Å². The van der Waals surface area contributed by atoms with Crippen LogP contribution in [-0.2, 0) is 10.0 Å². The minimum atomic E-state index is -3.52. The van der Waals surface area contributed by atoms with Crippen molar-refractivity contribution in [2.24, 2.45) is 17.8 Å². The molecule has 0 heterocycles. The quantitative estimate of drug-likeness (QED) is 0.578. The lowest BCUT2D eigenvalue weighted by Gasteiger charge is -2.40. The first-order chi connectivity index (χ1) is 12.8. The first-order valence-electron chi connectivity index (χ1n) is 10.3. The highest BCUT2D eigenvalue weighted by atomic mass is 32.2. The summed E-state index contributed by atoms with van der Waals surface area (Å²) in [6.45, 7) is 7.31. The lowest BCUT2D eigenvalue weighted by molar-refractivity contribution is 0.170. The Hall–Kier alpha value is -1.33. The highest BCUT2D eigenvalue weighted by Crippen LogP contribution is 2.37. The van der Waals surface area contributed by atoms with Crippen molar-refractivity contribution in [3.8, 4) is 0 Å². The summed E-state index contributed by atoms with van der Waals surface area (Å²) in [5, 5.41) is 0. The maximum Gasteiger partial charge on any atom is 0.243 e. The zero-order chi connectivity index (χ0) is 19.6. The van der Waals surface area contributed by atoms with Gasteiger partial charge in [-0.1, -0.05) is 44.8 Å². The maximum atomic E-state index is 13.6. The van der Waals surface area contributed by atoms with Gasteiger partial charge in [0.2, 0.25) is 10.0 Å². The number of nitrogen functional groups attached to an aromatic ring is 1. The summed E-state index contributed by atoms with van der Waals surface area (Å²) in [4.78, 5) is 0.366. The average molecular weight is 391 g/mol. The maximum absolute atomic E-state index is 13.6. The second kappa shape index (κ2) is 8.36. The van der Waals surface area contributed by atoms with E-state index in [2.05, 4.69) is 26.8 Å². The standard InChI is InChI=1S/C22H34N2O2S/c1-16-13-17(2)22(18(3)14-16)15-24(20-7-5-4-6-8-20)27(25,26)21-11-9-19(23)10-12-21/h9-13,17-18,20,22H,4-8,14-15,23H2,1-3H3/t17-,18-,22-/m0/s1. The Balaban J connectivity index is 1.92. The van der Waals surface area contributed by atoms with Gasteiger partial charge in [-0.2, -0.15) is 4.31 Å². The van der Waals surface area contributed by atoms with Crippen LogP contribution in [0.3, 0.4) is 0 Å². The zero-order valence-corrected chi connectivity index (χ0v) is 17.7. The van der Waals surface area contributed by atoms with Crippen molar-refractivity contribution >= 4 is 15.7 Å². The SMILES string of the molecule is CC1=C[C@H](C)[C@H](CN(C2CCCCC2)S(=O)(=O)c2ccc(N)cc2)[C@@H](C)C1. The summed E-state index contributed by atoms with van der Waals surface area (Å²) in [7, 11) is -3.52. The van der Waals surface area contributed by atoms with Crippen molar-refractivity contribution in [1.82, 2.24) is 4.31 Å². The van der Waals surface area contributed by atoms with Gasteiger partial charge in [0.25, 0.3) is 0 Å². The van der Waals surface area contributed by atoms with Crippen LogP contribution in [0.2, 0.25) is 0 Å². The van der Waals surface area contributed by atoms with Gasteiger partial charge in [-0.15, -0.1) is 0 Å². The fourth-order valence-electron chi connectivity index (χ4n) is 4.96. The van der Waals surface area contributed by atoms with Gasteiger partial charge in [0.05, 0.1) is 4.90 Å². The third-order valence-corrected chi connectivity index (χ3v) is 8.39. The van der Waals surface area contributed by atoms with Gasteiger partial charge in [-0.25, -0.2) is 8.42 Å². The predicted molar refractivity (Wildman–Crippen MR) is 112 cm³/mol. The third-order valence-electron chi connectivity index (χ3n) is 6.46. The van der Waals surface area contributed by atoms with E-state index < -0.39 is 10.0 Å². The van der Waals surface area contributed by atoms with E-state index in [9.17, 15) is 8.42 Å². The molecule has 1 aromatic rings. The molecular formula is C22H34N2O2S. The summed E-state index contributed by atoms with van der Waals surface area (Å²) in [5.41, 5.74) is 7.79. The topological polar surface area (TPSA) is 63.4 Å². The first-order valence-corrected chi connectivity index (χ1v) is 11.8. The molecule has 0 bridgehead atoms. The van der Waals surface area contributed by atoms with Crippen molar-refractivity contribution < 1.29 is 8.42 Å². The van der Waals surface area contributed by atoms with E-state index in [1.807, 2.05) is 4.31 Å². The lowest BCUT2D eigenvalue weighted by atomic mass is 9.75. The van der Waals surface area contributed by atoms with Gasteiger partial charge in [0, 0.05) is 18.3 Å². The summed E-state index contributed by atoms with van der Waals surface area (Å²) >= 11 is 0. The molecule has 150 valence electrons. The molecule has 2 aliphatic carbocycles. The number of allylic oxidation sites excluding steroid dienone is 2. The number of nitrogens with zero attached hydrogens (tertiary/aromatic N) is 1. The second-order valence-electron chi connectivity index (χ2n) is 8.65. The monoisotopic (exact) mass is 390 g/mol. The Morgan fingerprint density at radius 1 is 1.07 bits per heavy atom. The summed E-state index contributed by atoms with van der Waals surface area (Å²) < 4.78 is 29.0. The largest absolute Gasteiger partial charge is 0.399 e. The molecule has 3 atom stereocenters. The molecule has 1 saturated carbocycles. The summed E-state index contributed by atoms with van der Waals surface area (Å²) in [5.74, 6) is 1.26. The minimum Gasteiger partial charge on any atom is -0.399 e. The minimum absolute atomic E-state index is 0.118. The molecule has 2 aliphatic rings. The Morgan fingerprint density at radius 2 is 1.70 bits per heavy atom. The van der Waals surface area contributed by atoms with Gasteiger partial charge in [0.15, 0.2) is 0 Å². The van der Waals surface area contributed by atoms with Crippen LogP contribution in [-0.4, -0.2) is 25.3 Å². The molecule has 5 heteroatoms. The van der Waals surface area contributed by atoms with Crippen LogP contribution in [0.25, 0.3) is 0 Å². The molecular weight excluding hydrogens is 356 g/mol. The van der Waals surface area contributed by atoms with Gasteiger partial charge < -0.3 is 5.73 Å². The number of anilines is 1. The van der Waals surface area contributed by atoms with Gasteiger partial charge in [0.1, 0.15) is 0 Å². The highest BCUT2D eigenvalue weighted by molar-refractivity contribution is 7.89. The van der Waals surface area contributed by atoms with Crippen LogP contribution in [0.15, 0.2) is 40.8 Å². The van der Waals surface area contributed by atoms with E-state index in [4.69, 9.17) is 5.73 Å². The molecule has 27 heavy (non-hydrogen) atoms. The van der Waals surface area contributed by atoms with Crippen LogP contribution < -0.4 is 5.73 Å². The van der Waals surface area contributed by atoms with E-state index in [0.717, 1.165) is 32.1 Å². The molecule has 0 unspecified atom stereocenters. The van der Waals surface area contributed by atoms with Crippen molar-refractivity contribution in [2.75, 3.05) is 12.3 Å². The molecule has 3 rings (SSSR count). The Kier molecular flexibility index (Phi) is 6.32. The molecule has 0 aliphatic heterocycles. The number of sulfonamides is 1. The van der Waals surface area contributed by atoms with Crippen molar-refractivity contribution in [3.63, 3.8) is 0 Å². The van der Waals surface area contributed by atoms with E-state index in [1.54, 1.807) is 24.3 Å². The molecule has 0 aromatic heterocycles. The number of hydrogen-bond donors (Lipinski definition) is 1. The van der Waals surface area contributed by atoms with E-state index in [0.29, 0.717) is 34.9 Å². The Bertz CT molecular complexity index is 764. The van der Waals surface area contributed by atoms with E-state index in [-0.39, 0.29) is 6.04 Å². The second-order valence-corrected chi connectivity index (χ2v) is 10.5. The Labute approximate surface area is 164 Å². The van der Waals surface area contributed by atoms with Crippen LogP contribution in [0.1, 0.15) is 59.3 Å². The third kappa shape index (κ3) is 4.57. The number of rotatable bonds is 5. The fraction of sp³-hybridized carbons (Fsp3) is 0.636. The summed E-state index contributed by atoms with van der Waals surface area (Å²) in [6.07, 6.45) is 8.79. The average Bonchev–Trinajstić information content (AvgIpc) is 2.62. The van der Waals surface area contributed by atoms with Gasteiger partial charge in [-0.05, 0) is 68.2 Å². The molecule has 0 amide bonds. The zero-order valence-electron chi connectivity index (χ0n) is 16.9. The number of hydrogen-bond acceptors (Lipinski definition) is 3. The van der Waals surface area contributed by atoms with Gasteiger partial charge >= 0.3 is 0 Å². The van der Waals surface area contributed by atoms with Crippen LogP contribution in [0.5, 0.6) is 0 Å². The highest BCUT2D eigenvalue weighted by Gasteiger charge is 2.37. The molecule has 0 radical (unpaired) electrons. The lowest BCUT2D eigenvalue weighted by Crippen LogP contribution is -2.46. The number of benzene rings is 1. The molecule has 1 fully saturated rings. The van der Waals surface area contributed by atoms with Crippen molar-refractivity contribution in [2.45, 2.75) is 70.2 Å². The van der Waals surface area contributed by atoms with Crippen molar-refractivity contribution in [3.05, 3.63) is 35.9 Å². The predicted octanol–water partition coefficient (Wildman–Crippen LogP) is 4.83. The molecule has 2 N–H and O–H groups in total. The summed E-state index contributed by atoms with van der Waals surface area (Å²) in [6, 6.07) is 6.79. The molecule has 4 nitrogen and oxygen atoms in total. The van der Waals surface area contributed by atoms with Crippen LogP contribution in [0, 0.1) is 17.8 Å². The van der Waals surface area contributed by atoms with E-state index >= 15 is 0 Å². The normalized spacial score (nSPS) is 27.6. The fourth-order valence-corrected chi connectivity index (χ4v) is 6.68. The molecule has 0 saturated heterocycles. The number of nitrogens with two attached hydrogens (primary N) is 1.